The molecular formula is C13H18N4O3. The fourth-order valence-corrected chi connectivity index (χ4v) is 2.85. The Bertz CT molecular complexity index is 538. The lowest BCUT2D eigenvalue weighted by molar-refractivity contribution is 0.0486. The first-order valence-electron chi connectivity index (χ1n) is 6.78. The number of carbonyl (C=O) groups excluding carboxylic acids is 1. The molecule has 1 aromatic heterocycles. The summed E-state index contributed by atoms with van der Waals surface area (Å²) in [6.45, 7) is 3.85. The lowest BCUT2D eigenvalue weighted by Gasteiger charge is -2.18. The molecule has 20 heavy (non-hydrogen) atoms. The molecule has 108 valence electrons. The molecule has 3 heterocycles. The van der Waals surface area contributed by atoms with Crippen LogP contribution < -0.4 is 5.56 Å². The van der Waals surface area contributed by atoms with E-state index in [1.807, 2.05) is 0 Å². The van der Waals surface area contributed by atoms with E-state index in [4.69, 9.17) is 4.74 Å². The molecule has 3 rings (SSSR count). The van der Waals surface area contributed by atoms with Crippen LogP contribution in [-0.4, -0.2) is 71.8 Å². The third-order valence-corrected chi connectivity index (χ3v) is 3.92. The number of likely N-dealkylation sites (tertiary alicyclic amines) is 1. The third-order valence-electron chi connectivity index (χ3n) is 3.92. The van der Waals surface area contributed by atoms with Crippen LogP contribution in [0.25, 0.3) is 0 Å². The predicted molar refractivity (Wildman–Crippen MR) is 71.5 cm³/mol. The average molecular weight is 278 g/mol. The van der Waals surface area contributed by atoms with E-state index in [0.717, 1.165) is 13.1 Å². The van der Waals surface area contributed by atoms with Gasteiger partial charge >= 0.3 is 0 Å². The smallest absolute Gasteiger partial charge is 0.274 e. The summed E-state index contributed by atoms with van der Waals surface area (Å²) in [5, 5.41) is 6.09. The molecule has 2 aliphatic rings. The quantitative estimate of drug-likeness (QED) is 0.725. The number of aromatic amines is 1. The molecule has 1 N–H and O–H groups in total. The summed E-state index contributed by atoms with van der Waals surface area (Å²) in [5.41, 5.74) is -0.0347. The first-order valence-corrected chi connectivity index (χ1v) is 6.78. The molecule has 2 saturated heterocycles. The number of hydrogen-bond donors (Lipinski definition) is 1. The molecule has 0 saturated carbocycles. The van der Waals surface area contributed by atoms with Crippen molar-refractivity contribution in [1.29, 1.82) is 0 Å². The number of hydrogen-bond acceptors (Lipinski definition) is 5. The standard InChI is InChI=1S/C13H18N4O3/c1-16-4-5-20-11-8-17(7-9(11)6-16)13(19)10-2-3-12(18)15-14-10/h2-3,9,11H,4-8H2,1H3,(H,15,18)/t9-,11+/m0/s1. The van der Waals surface area contributed by atoms with Crippen molar-refractivity contribution in [3.63, 3.8) is 0 Å². The molecule has 0 bridgehead atoms. The van der Waals surface area contributed by atoms with Crippen LogP contribution in [0.5, 0.6) is 0 Å². The topological polar surface area (TPSA) is 78.5 Å². The van der Waals surface area contributed by atoms with Crippen molar-refractivity contribution in [1.82, 2.24) is 20.0 Å². The maximum absolute atomic E-state index is 12.3. The maximum Gasteiger partial charge on any atom is 0.274 e. The van der Waals surface area contributed by atoms with Crippen LogP contribution in [0, 0.1) is 5.92 Å². The number of aromatic nitrogens is 2. The summed E-state index contributed by atoms with van der Waals surface area (Å²) in [4.78, 5) is 27.3. The Kier molecular flexibility index (Phi) is 3.54. The minimum atomic E-state index is -0.307. The maximum atomic E-state index is 12.3. The highest BCUT2D eigenvalue weighted by Crippen LogP contribution is 2.24. The number of ether oxygens (including phenoxy) is 1. The second kappa shape index (κ2) is 5.34. The Morgan fingerprint density at radius 2 is 2.25 bits per heavy atom. The van der Waals surface area contributed by atoms with Crippen molar-refractivity contribution in [2.24, 2.45) is 5.92 Å². The molecule has 2 atom stereocenters. The number of likely N-dealkylation sites (N-methyl/N-ethyl adjacent to an activating group) is 1. The lowest BCUT2D eigenvalue weighted by atomic mass is 10.1. The number of H-pyrrole nitrogens is 1. The van der Waals surface area contributed by atoms with Crippen LogP contribution in [0.2, 0.25) is 0 Å². The summed E-state index contributed by atoms with van der Waals surface area (Å²) in [6.07, 6.45) is 0.103. The van der Waals surface area contributed by atoms with E-state index in [0.29, 0.717) is 25.6 Å². The number of amides is 1. The van der Waals surface area contributed by atoms with E-state index < -0.39 is 0 Å². The fraction of sp³-hybridized carbons (Fsp3) is 0.615. The van der Waals surface area contributed by atoms with Crippen LogP contribution >= 0.6 is 0 Å². The molecule has 0 unspecified atom stereocenters. The highest BCUT2D eigenvalue weighted by molar-refractivity contribution is 5.92. The normalized spacial score (nSPS) is 27.1. The third kappa shape index (κ3) is 2.59. The minimum absolute atomic E-state index is 0.103. The van der Waals surface area contributed by atoms with E-state index in [1.54, 1.807) is 4.90 Å². The molecule has 0 radical (unpaired) electrons. The average Bonchev–Trinajstić information content (AvgIpc) is 2.74. The van der Waals surface area contributed by atoms with Gasteiger partial charge in [-0.3, -0.25) is 9.59 Å². The molecule has 0 spiro atoms. The molecule has 7 nitrogen and oxygen atoms in total. The summed E-state index contributed by atoms with van der Waals surface area (Å²) >= 11 is 0. The molecule has 7 heteroatoms. The molecule has 1 amide bonds. The van der Waals surface area contributed by atoms with Crippen LogP contribution in [0.15, 0.2) is 16.9 Å². The molecular weight excluding hydrogens is 260 g/mol. The summed E-state index contributed by atoms with van der Waals surface area (Å²) in [6, 6.07) is 2.78. The highest BCUT2D eigenvalue weighted by Gasteiger charge is 2.38. The van der Waals surface area contributed by atoms with Crippen LogP contribution in [0.1, 0.15) is 10.5 Å². The molecule has 1 aromatic rings. The Morgan fingerprint density at radius 1 is 1.40 bits per heavy atom. The number of rotatable bonds is 1. The van der Waals surface area contributed by atoms with Gasteiger partial charge in [-0.25, -0.2) is 5.10 Å². The van der Waals surface area contributed by atoms with Crippen LogP contribution in [0.4, 0.5) is 0 Å². The van der Waals surface area contributed by atoms with Gasteiger partial charge in [0.2, 0.25) is 0 Å². The number of carbonyl (C=O) groups is 1. The summed E-state index contributed by atoms with van der Waals surface area (Å²) < 4.78 is 5.82. The second-order valence-electron chi connectivity index (χ2n) is 5.45. The highest BCUT2D eigenvalue weighted by atomic mass is 16.5. The minimum Gasteiger partial charge on any atom is -0.375 e. The van der Waals surface area contributed by atoms with Gasteiger partial charge < -0.3 is 14.5 Å². The van der Waals surface area contributed by atoms with Gasteiger partial charge in [-0.15, -0.1) is 0 Å². The Labute approximate surface area is 116 Å². The van der Waals surface area contributed by atoms with Gasteiger partial charge in [-0.1, -0.05) is 0 Å². The first-order chi connectivity index (χ1) is 9.63. The summed E-state index contributed by atoms with van der Waals surface area (Å²) in [7, 11) is 2.07. The first kappa shape index (κ1) is 13.3. The van der Waals surface area contributed by atoms with Gasteiger partial charge in [-0.2, -0.15) is 5.10 Å². The molecule has 0 aromatic carbocycles. The number of fused-ring (bicyclic) bond motifs is 1. The largest absolute Gasteiger partial charge is 0.375 e. The molecule has 2 fully saturated rings. The van der Waals surface area contributed by atoms with E-state index >= 15 is 0 Å². The van der Waals surface area contributed by atoms with E-state index in [1.165, 1.54) is 12.1 Å². The Hall–Kier alpha value is -1.73. The Balaban J connectivity index is 1.71. The number of nitrogens with zero attached hydrogens (tertiary/aromatic N) is 3. The fourth-order valence-electron chi connectivity index (χ4n) is 2.85. The van der Waals surface area contributed by atoms with Crippen molar-refractivity contribution in [3.8, 4) is 0 Å². The zero-order chi connectivity index (χ0) is 14.1. The van der Waals surface area contributed by atoms with Gasteiger partial charge in [0.25, 0.3) is 11.5 Å². The second-order valence-corrected chi connectivity index (χ2v) is 5.45. The van der Waals surface area contributed by atoms with Gasteiger partial charge in [0.05, 0.1) is 12.7 Å². The Morgan fingerprint density at radius 3 is 3.00 bits per heavy atom. The number of nitrogens with one attached hydrogen (secondary N) is 1. The van der Waals surface area contributed by atoms with Crippen molar-refractivity contribution < 1.29 is 9.53 Å². The summed E-state index contributed by atoms with van der Waals surface area (Å²) in [5.74, 6) is 0.190. The lowest BCUT2D eigenvalue weighted by Crippen LogP contribution is -2.33. The van der Waals surface area contributed by atoms with Crippen LogP contribution in [0.3, 0.4) is 0 Å². The zero-order valence-electron chi connectivity index (χ0n) is 11.4. The van der Waals surface area contributed by atoms with Crippen molar-refractivity contribution in [3.05, 3.63) is 28.2 Å². The molecule has 0 aliphatic carbocycles. The van der Waals surface area contributed by atoms with Crippen molar-refractivity contribution >= 4 is 5.91 Å². The van der Waals surface area contributed by atoms with E-state index in [-0.39, 0.29) is 23.3 Å². The SMILES string of the molecule is CN1CCO[C@@H]2CN(C(=O)c3ccc(=O)[nH]n3)C[C@@H]2C1. The van der Waals surface area contributed by atoms with Crippen molar-refractivity contribution in [2.75, 3.05) is 39.8 Å². The van der Waals surface area contributed by atoms with Gasteiger partial charge in [0, 0.05) is 38.2 Å². The monoisotopic (exact) mass is 278 g/mol. The van der Waals surface area contributed by atoms with E-state index in [2.05, 4.69) is 22.1 Å². The van der Waals surface area contributed by atoms with E-state index in [9.17, 15) is 9.59 Å². The van der Waals surface area contributed by atoms with Crippen molar-refractivity contribution in [2.45, 2.75) is 6.10 Å². The van der Waals surface area contributed by atoms with Gasteiger partial charge in [0.15, 0.2) is 0 Å². The van der Waals surface area contributed by atoms with Gasteiger partial charge in [0.1, 0.15) is 5.69 Å². The van der Waals surface area contributed by atoms with Gasteiger partial charge in [-0.05, 0) is 13.1 Å². The van der Waals surface area contributed by atoms with Crippen LogP contribution in [-0.2, 0) is 4.74 Å². The predicted octanol–water partition coefficient (Wildman–Crippen LogP) is -0.827. The molecule has 2 aliphatic heterocycles. The zero-order valence-corrected chi connectivity index (χ0v) is 11.4.